The van der Waals surface area contributed by atoms with Gasteiger partial charge in [-0.1, -0.05) is 40.0 Å². The van der Waals surface area contributed by atoms with Gasteiger partial charge < -0.3 is 10.3 Å². The van der Waals surface area contributed by atoms with E-state index in [0.717, 1.165) is 0 Å². The van der Waals surface area contributed by atoms with Crippen LogP contribution in [0.15, 0.2) is 22.7 Å². The van der Waals surface area contributed by atoms with Crippen LogP contribution in [0, 0.1) is 0 Å². The maximum atomic E-state index is 5.97. The molecule has 0 spiro atoms. The molecule has 1 heterocycles. The molecule has 0 aliphatic rings. The maximum absolute atomic E-state index is 5.97. The van der Waals surface area contributed by atoms with Gasteiger partial charge >= 0.3 is 0 Å². The van der Waals surface area contributed by atoms with E-state index in [0.29, 0.717) is 21.4 Å². The average molecular weight is 264 g/mol. The SMILES string of the molecule is Nc1noc(-c2ccc(Cl)cc2Cl)c1Cl. The number of hydrogen-bond donors (Lipinski definition) is 1. The summed E-state index contributed by atoms with van der Waals surface area (Å²) < 4.78 is 4.97. The molecule has 0 atom stereocenters. The van der Waals surface area contributed by atoms with Gasteiger partial charge in [0.15, 0.2) is 11.6 Å². The Morgan fingerprint density at radius 3 is 2.47 bits per heavy atom. The van der Waals surface area contributed by atoms with Crippen LogP contribution in [0.25, 0.3) is 11.3 Å². The topological polar surface area (TPSA) is 52.0 Å². The van der Waals surface area contributed by atoms with Crippen molar-refractivity contribution >= 4 is 40.6 Å². The predicted octanol–water partition coefficient (Wildman–Crippen LogP) is 3.88. The zero-order valence-electron chi connectivity index (χ0n) is 7.30. The van der Waals surface area contributed by atoms with E-state index in [2.05, 4.69) is 5.16 Å². The van der Waals surface area contributed by atoms with Crippen molar-refractivity contribution < 1.29 is 4.52 Å². The van der Waals surface area contributed by atoms with Crippen molar-refractivity contribution in [2.45, 2.75) is 0 Å². The molecule has 0 aliphatic heterocycles. The summed E-state index contributed by atoms with van der Waals surface area (Å²) in [5.74, 6) is 0.480. The van der Waals surface area contributed by atoms with Crippen LogP contribution in [0.5, 0.6) is 0 Å². The van der Waals surface area contributed by atoms with Crippen LogP contribution in [-0.2, 0) is 0 Å². The van der Waals surface area contributed by atoms with Crippen molar-refractivity contribution in [1.82, 2.24) is 5.16 Å². The van der Waals surface area contributed by atoms with Gasteiger partial charge in [0.05, 0.1) is 5.02 Å². The number of anilines is 1. The summed E-state index contributed by atoms with van der Waals surface area (Å²) in [6.45, 7) is 0. The summed E-state index contributed by atoms with van der Waals surface area (Å²) in [4.78, 5) is 0. The Hall–Kier alpha value is -0.900. The first kappa shape index (κ1) is 10.6. The second-order valence-corrected chi connectivity index (χ2v) is 4.06. The quantitative estimate of drug-likeness (QED) is 0.849. The monoisotopic (exact) mass is 262 g/mol. The highest BCUT2D eigenvalue weighted by atomic mass is 35.5. The molecule has 3 nitrogen and oxygen atoms in total. The van der Waals surface area contributed by atoms with Gasteiger partial charge in [-0.05, 0) is 18.2 Å². The Kier molecular flexibility index (Phi) is 2.78. The van der Waals surface area contributed by atoms with Crippen molar-refractivity contribution in [3.8, 4) is 11.3 Å². The molecule has 6 heteroatoms. The van der Waals surface area contributed by atoms with E-state index in [1.54, 1.807) is 18.2 Å². The maximum Gasteiger partial charge on any atom is 0.189 e. The van der Waals surface area contributed by atoms with Gasteiger partial charge in [-0.25, -0.2) is 0 Å². The van der Waals surface area contributed by atoms with Gasteiger partial charge in [-0.3, -0.25) is 0 Å². The number of nitrogen functional groups attached to an aromatic ring is 1. The molecule has 0 bridgehead atoms. The summed E-state index contributed by atoms with van der Waals surface area (Å²) in [6.07, 6.45) is 0. The van der Waals surface area contributed by atoms with Gasteiger partial charge in [0.25, 0.3) is 0 Å². The molecule has 0 amide bonds. The molecule has 0 saturated carbocycles. The van der Waals surface area contributed by atoms with Gasteiger partial charge in [-0.2, -0.15) is 0 Å². The number of nitrogens with zero attached hydrogens (tertiary/aromatic N) is 1. The summed E-state index contributed by atoms with van der Waals surface area (Å²) in [6, 6.07) is 4.96. The molecule has 0 radical (unpaired) electrons. The molecular formula is C9H5Cl3N2O. The molecule has 0 saturated heterocycles. The van der Waals surface area contributed by atoms with Gasteiger partial charge in [0, 0.05) is 10.6 Å². The third-order valence-electron chi connectivity index (χ3n) is 1.84. The molecule has 2 rings (SSSR count). The van der Waals surface area contributed by atoms with E-state index in [-0.39, 0.29) is 10.8 Å². The molecule has 15 heavy (non-hydrogen) atoms. The van der Waals surface area contributed by atoms with Crippen molar-refractivity contribution in [1.29, 1.82) is 0 Å². The van der Waals surface area contributed by atoms with Crippen LogP contribution in [-0.4, -0.2) is 5.16 Å². The van der Waals surface area contributed by atoms with Crippen molar-refractivity contribution in [3.05, 3.63) is 33.3 Å². The minimum atomic E-state index is 0.137. The number of nitrogens with two attached hydrogens (primary N) is 1. The summed E-state index contributed by atoms with van der Waals surface area (Å²) in [5, 5.41) is 4.75. The van der Waals surface area contributed by atoms with Crippen molar-refractivity contribution in [2.24, 2.45) is 0 Å². The number of halogens is 3. The molecule has 78 valence electrons. The fourth-order valence-corrected chi connectivity index (χ4v) is 1.80. The fraction of sp³-hybridized carbons (Fsp3) is 0. The van der Waals surface area contributed by atoms with Gasteiger partial charge in [0.1, 0.15) is 5.02 Å². The van der Waals surface area contributed by atoms with E-state index in [1.165, 1.54) is 0 Å². The smallest absolute Gasteiger partial charge is 0.189 e. The van der Waals surface area contributed by atoms with Crippen molar-refractivity contribution in [2.75, 3.05) is 5.73 Å². The van der Waals surface area contributed by atoms with Gasteiger partial charge in [0.2, 0.25) is 0 Å². The highest BCUT2D eigenvalue weighted by Gasteiger charge is 2.16. The predicted molar refractivity (Wildman–Crippen MR) is 61.4 cm³/mol. The molecule has 1 aromatic carbocycles. The average Bonchev–Trinajstić information content (AvgIpc) is 2.49. The Balaban J connectivity index is 2.59. The van der Waals surface area contributed by atoms with Crippen LogP contribution in [0.1, 0.15) is 0 Å². The number of benzene rings is 1. The molecule has 1 aromatic heterocycles. The highest BCUT2D eigenvalue weighted by molar-refractivity contribution is 6.38. The highest BCUT2D eigenvalue weighted by Crippen LogP contribution is 2.37. The Labute approximate surface area is 101 Å². The van der Waals surface area contributed by atoms with E-state index >= 15 is 0 Å². The number of hydrogen-bond acceptors (Lipinski definition) is 3. The second kappa shape index (κ2) is 3.93. The normalized spacial score (nSPS) is 10.6. The van der Waals surface area contributed by atoms with Crippen LogP contribution < -0.4 is 5.73 Å². The number of aromatic nitrogens is 1. The minimum absolute atomic E-state index is 0.137. The summed E-state index contributed by atoms with van der Waals surface area (Å²) in [7, 11) is 0. The molecule has 0 fully saturated rings. The minimum Gasteiger partial charge on any atom is -0.380 e. The lowest BCUT2D eigenvalue weighted by Crippen LogP contribution is -1.83. The third kappa shape index (κ3) is 1.91. The van der Waals surface area contributed by atoms with Gasteiger partial charge in [-0.15, -0.1) is 0 Å². The first-order valence-electron chi connectivity index (χ1n) is 3.95. The lowest BCUT2D eigenvalue weighted by molar-refractivity contribution is 0.436. The number of rotatable bonds is 1. The Morgan fingerprint density at radius 1 is 1.20 bits per heavy atom. The van der Waals surface area contributed by atoms with Crippen LogP contribution >= 0.6 is 34.8 Å². The first-order valence-corrected chi connectivity index (χ1v) is 5.09. The molecule has 0 aliphatic carbocycles. The molecular weight excluding hydrogens is 258 g/mol. The van der Waals surface area contributed by atoms with Crippen LogP contribution in [0.3, 0.4) is 0 Å². The molecule has 2 aromatic rings. The largest absolute Gasteiger partial charge is 0.380 e. The fourth-order valence-electron chi connectivity index (χ4n) is 1.13. The summed E-state index contributed by atoms with van der Waals surface area (Å²) >= 11 is 17.6. The molecule has 0 unspecified atom stereocenters. The first-order chi connectivity index (χ1) is 7.09. The van der Waals surface area contributed by atoms with E-state index in [4.69, 9.17) is 45.1 Å². The lowest BCUT2D eigenvalue weighted by Gasteiger charge is -2.00. The standard InChI is InChI=1S/C9H5Cl3N2O/c10-4-1-2-5(6(11)3-4)8-7(12)9(13)14-15-8/h1-3H,(H2,13,14). The van der Waals surface area contributed by atoms with E-state index < -0.39 is 0 Å². The zero-order chi connectivity index (χ0) is 11.0. The Bertz CT molecular complexity index is 510. The molecule has 2 N–H and O–H groups in total. The lowest BCUT2D eigenvalue weighted by atomic mass is 10.2. The van der Waals surface area contributed by atoms with Crippen molar-refractivity contribution in [3.63, 3.8) is 0 Å². The zero-order valence-corrected chi connectivity index (χ0v) is 9.57. The second-order valence-electron chi connectivity index (χ2n) is 2.84. The van der Waals surface area contributed by atoms with Crippen LogP contribution in [0.4, 0.5) is 5.82 Å². The third-order valence-corrected chi connectivity index (χ3v) is 2.75. The Morgan fingerprint density at radius 2 is 1.93 bits per heavy atom. The summed E-state index contributed by atoms with van der Waals surface area (Å²) in [5.41, 5.74) is 6.06. The van der Waals surface area contributed by atoms with E-state index in [1.807, 2.05) is 0 Å². The van der Waals surface area contributed by atoms with Crippen LogP contribution in [0.2, 0.25) is 15.1 Å². The van der Waals surface area contributed by atoms with E-state index in [9.17, 15) is 0 Å².